The summed E-state index contributed by atoms with van der Waals surface area (Å²) >= 11 is 0. The van der Waals surface area contributed by atoms with Gasteiger partial charge in [0, 0.05) is 0 Å². The molecule has 0 aromatic heterocycles. The molecular formula is C15H28O5. The van der Waals surface area contributed by atoms with Gasteiger partial charge in [0.15, 0.2) is 0 Å². The second-order valence-corrected chi connectivity index (χ2v) is 5.37. The second-order valence-electron chi connectivity index (χ2n) is 5.37. The number of aliphatic hydroxyl groups is 1. The predicted molar refractivity (Wildman–Crippen MR) is 76.6 cm³/mol. The van der Waals surface area contributed by atoms with Crippen LogP contribution in [-0.4, -0.2) is 33.4 Å². The van der Waals surface area contributed by atoms with Crippen molar-refractivity contribution in [1.29, 1.82) is 0 Å². The van der Waals surface area contributed by atoms with E-state index in [9.17, 15) is 14.7 Å². The van der Waals surface area contributed by atoms with Crippen LogP contribution in [0.1, 0.15) is 71.1 Å². The molecule has 0 saturated carbocycles. The van der Waals surface area contributed by atoms with E-state index >= 15 is 0 Å². The largest absolute Gasteiger partial charge is 0.481 e. The van der Waals surface area contributed by atoms with Crippen molar-refractivity contribution in [2.75, 3.05) is 0 Å². The fraction of sp³-hybridized carbons (Fsp3) is 0.867. The van der Waals surface area contributed by atoms with Crippen LogP contribution in [0.25, 0.3) is 0 Å². The standard InChI is InChI=1S/C15H28O5/c1-2-3-4-5-6-7-8-9-10-12(15(19)20)13(16)11-14(17)18/h12-13,16H,2-11H2,1H3,(H,17,18)(H,19,20). The van der Waals surface area contributed by atoms with Gasteiger partial charge in [0.05, 0.1) is 18.4 Å². The van der Waals surface area contributed by atoms with Crippen LogP contribution in [0, 0.1) is 5.92 Å². The fourth-order valence-corrected chi connectivity index (χ4v) is 2.30. The first kappa shape index (κ1) is 18.9. The smallest absolute Gasteiger partial charge is 0.309 e. The van der Waals surface area contributed by atoms with Gasteiger partial charge in [-0.3, -0.25) is 9.59 Å². The Balaban J connectivity index is 3.76. The highest BCUT2D eigenvalue weighted by atomic mass is 16.4. The van der Waals surface area contributed by atoms with Gasteiger partial charge >= 0.3 is 11.9 Å². The number of aliphatic hydroxyl groups excluding tert-OH is 1. The normalized spacial score (nSPS) is 13.9. The minimum absolute atomic E-state index is 0.346. The van der Waals surface area contributed by atoms with Gasteiger partial charge < -0.3 is 15.3 Å². The number of hydrogen-bond acceptors (Lipinski definition) is 3. The lowest BCUT2D eigenvalue weighted by molar-refractivity contribution is -0.148. The molecule has 118 valence electrons. The molecule has 2 unspecified atom stereocenters. The Kier molecular flexibility index (Phi) is 11.1. The lowest BCUT2D eigenvalue weighted by atomic mass is 9.93. The van der Waals surface area contributed by atoms with Crippen molar-refractivity contribution < 1.29 is 24.9 Å². The van der Waals surface area contributed by atoms with E-state index in [0.717, 1.165) is 25.7 Å². The van der Waals surface area contributed by atoms with Crippen molar-refractivity contribution >= 4 is 11.9 Å². The van der Waals surface area contributed by atoms with Crippen molar-refractivity contribution in [3.63, 3.8) is 0 Å². The van der Waals surface area contributed by atoms with Crippen LogP contribution >= 0.6 is 0 Å². The Hall–Kier alpha value is -1.10. The molecule has 0 aromatic rings. The van der Waals surface area contributed by atoms with Gasteiger partial charge in [0.1, 0.15) is 0 Å². The average molecular weight is 288 g/mol. The molecule has 0 fully saturated rings. The van der Waals surface area contributed by atoms with Gasteiger partial charge in [-0.2, -0.15) is 0 Å². The van der Waals surface area contributed by atoms with Crippen LogP contribution in [0.4, 0.5) is 0 Å². The van der Waals surface area contributed by atoms with Gasteiger partial charge in [-0.25, -0.2) is 0 Å². The summed E-state index contributed by atoms with van der Waals surface area (Å²) in [4.78, 5) is 21.5. The first-order valence-electron chi connectivity index (χ1n) is 7.61. The van der Waals surface area contributed by atoms with E-state index in [0.29, 0.717) is 6.42 Å². The lowest BCUT2D eigenvalue weighted by Gasteiger charge is -2.17. The zero-order valence-corrected chi connectivity index (χ0v) is 12.4. The Bertz CT molecular complexity index is 277. The first-order valence-corrected chi connectivity index (χ1v) is 7.61. The lowest BCUT2D eigenvalue weighted by Crippen LogP contribution is -2.30. The molecule has 0 rings (SSSR count). The van der Waals surface area contributed by atoms with Crippen molar-refractivity contribution in [2.45, 2.75) is 77.2 Å². The van der Waals surface area contributed by atoms with Crippen molar-refractivity contribution in [3.05, 3.63) is 0 Å². The van der Waals surface area contributed by atoms with E-state index < -0.39 is 30.4 Å². The highest BCUT2D eigenvalue weighted by Gasteiger charge is 2.27. The van der Waals surface area contributed by atoms with Crippen LogP contribution < -0.4 is 0 Å². The fourth-order valence-electron chi connectivity index (χ4n) is 2.30. The topological polar surface area (TPSA) is 94.8 Å². The van der Waals surface area contributed by atoms with E-state index in [2.05, 4.69) is 6.92 Å². The van der Waals surface area contributed by atoms with Crippen LogP contribution in [0.2, 0.25) is 0 Å². The molecule has 0 aromatic carbocycles. The molecule has 0 saturated heterocycles. The van der Waals surface area contributed by atoms with Crippen molar-refractivity contribution in [3.8, 4) is 0 Å². The van der Waals surface area contributed by atoms with Crippen molar-refractivity contribution in [1.82, 2.24) is 0 Å². The molecule has 0 aliphatic rings. The van der Waals surface area contributed by atoms with E-state index in [1.807, 2.05) is 0 Å². The maximum atomic E-state index is 11.0. The van der Waals surface area contributed by atoms with Crippen LogP contribution in [0.3, 0.4) is 0 Å². The number of hydrogen-bond donors (Lipinski definition) is 3. The van der Waals surface area contributed by atoms with Crippen molar-refractivity contribution in [2.24, 2.45) is 5.92 Å². The van der Waals surface area contributed by atoms with E-state index in [1.54, 1.807) is 0 Å². The molecule has 0 amide bonds. The molecule has 5 heteroatoms. The number of carbonyl (C=O) groups is 2. The zero-order chi connectivity index (χ0) is 15.4. The van der Waals surface area contributed by atoms with Crippen LogP contribution in [-0.2, 0) is 9.59 Å². The maximum Gasteiger partial charge on any atom is 0.309 e. The molecule has 0 aliphatic carbocycles. The third kappa shape index (κ3) is 9.78. The van der Waals surface area contributed by atoms with Gasteiger partial charge in [0.25, 0.3) is 0 Å². The van der Waals surface area contributed by atoms with Gasteiger partial charge in [-0.1, -0.05) is 58.3 Å². The summed E-state index contributed by atoms with van der Waals surface area (Å²) < 4.78 is 0. The summed E-state index contributed by atoms with van der Waals surface area (Å²) in [6, 6.07) is 0. The number of carboxylic acids is 2. The van der Waals surface area contributed by atoms with Crippen LogP contribution in [0.5, 0.6) is 0 Å². The van der Waals surface area contributed by atoms with Gasteiger partial charge in [0.2, 0.25) is 0 Å². The molecule has 0 radical (unpaired) electrons. The van der Waals surface area contributed by atoms with E-state index in [4.69, 9.17) is 10.2 Å². The summed E-state index contributed by atoms with van der Waals surface area (Å²) in [6.07, 6.45) is 7.41. The Labute approximate surface area is 121 Å². The zero-order valence-electron chi connectivity index (χ0n) is 12.4. The molecular weight excluding hydrogens is 260 g/mol. The first-order chi connectivity index (χ1) is 9.49. The van der Waals surface area contributed by atoms with Gasteiger partial charge in [-0.05, 0) is 6.42 Å². The predicted octanol–water partition coefficient (Wildman–Crippen LogP) is 3.05. The number of rotatable bonds is 13. The maximum absolute atomic E-state index is 11.0. The molecule has 5 nitrogen and oxygen atoms in total. The quantitative estimate of drug-likeness (QED) is 0.453. The minimum Gasteiger partial charge on any atom is -0.481 e. The molecule has 20 heavy (non-hydrogen) atoms. The summed E-state index contributed by atoms with van der Waals surface area (Å²) in [5, 5.41) is 27.2. The molecule has 2 atom stereocenters. The minimum atomic E-state index is -1.30. The van der Waals surface area contributed by atoms with Crippen LogP contribution in [0.15, 0.2) is 0 Å². The summed E-state index contributed by atoms with van der Waals surface area (Å²) in [7, 11) is 0. The summed E-state index contributed by atoms with van der Waals surface area (Å²) in [5.74, 6) is -3.24. The molecule has 0 bridgehead atoms. The molecule has 0 heterocycles. The number of unbranched alkanes of at least 4 members (excludes halogenated alkanes) is 7. The SMILES string of the molecule is CCCCCCCCCCC(C(=O)O)C(O)CC(=O)O. The van der Waals surface area contributed by atoms with E-state index in [-0.39, 0.29) is 0 Å². The Morgan fingerprint density at radius 2 is 1.40 bits per heavy atom. The number of carboxylic acid groups (broad SMARTS) is 2. The van der Waals surface area contributed by atoms with Gasteiger partial charge in [-0.15, -0.1) is 0 Å². The molecule has 0 spiro atoms. The third-order valence-electron chi connectivity index (χ3n) is 3.53. The second kappa shape index (κ2) is 11.7. The highest BCUT2D eigenvalue weighted by Crippen LogP contribution is 2.18. The summed E-state index contributed by atoms with van der Waals surface area (Å²) in [5.41, 5.74) is 0. The summed E-state index contributed by atoms with van der Waals surface area (Å²) in [6.45, 7) is 2.18. The number of aliphatic carboxylic acids is 2. The highest BCUT2D eigenvalue weighted by molar-refractivity contribution is 5.73. The average Bonchev–Trinajstić information content (AvgIpc) is 2.35. The van der Waals surface area contributed by atoms with E-state index in [1.165, 1.54) is 25.7 Å². The molecule has 3 N–H and O–H groups in total. The Morgan fingerprint density at radius 3 is 1.85 bits per heavy atom. The Morgan fingerprint density at radius 1 is 0.900 bits per heavy atom. The third-order valence-corrected chi connectivity index (χ3v) is 3.53. The monoisotopic (exact) mass is 288 g/mol. The molecule has 0 aliphatic heterocycles.